The summed E-state index contributed by atoms with van der Waals surface area (Å²) in [6.45, 7) is 0.499. The van der Waals surface area contributed by atoms with Crippen LogP contribution >= 0.6 is 0 Å². The van der Waals surface area contributed by atoms with Crippen molar-refractivity contribution in [2.45, 2.75) is 6.42 Å². The molecule has 11 heavy (non-hydrogen) atoms. The monoisotopic (exact) mass is 179 g/mol. The fraction of sp³-hybridized carbons (Fsp3) is 0.800. The summed E-state index contributed by atoms with van der Waals surface area (Å²) < 4.78 is 29.0. The van der Waals surface area contributed by atoms with Crippen LogP contribution < -0.4 is 5.32 Å². The lowest BCUT2D eigenvalue weighted by Gasteiger charge is -2.01. The third-order valence-electron chi connectivity index (χ3n) is 1.57. The second-order valence-electron chi connectivity index (χ2n) is 2.53. The van der Waals surface area contributed by atoms with Crippen molar-refractivity contribution in [3.05, 3.63) is 0 Å². The van der Waals surface area contributed by atoms with Crippen molar-refractivity contribution in [2.24, 2.45) is 5.92 Å². The van der Waals surface area contributed by atoms with Crippen LogP contribution in [0.3, 0.4) is 0 Å². The van der Waals surface area contributed by atoms with Gasteiger partial charge >= 0.3 is 0 Å². The fourth-order valence-electron chi connectivity index (χ4n) is 1.06. The van der Waals surface area contributed by atoms with Crippen molar-refractivity contribution in [1.82, 2.24) is 5.32 Å². The second kappa shape index (κ2) is 2.78. The maximum atomic E-state index is 10.8. The highest BCUT2D eigenvalue weighted by atomic mass is 32.2. The van der Waals surface area contributed by atoms with Crippen LogP contribution in [0.2, 0.25) is 0 Å². The molecule has 0 radical (unpaired) electrons. The van der Waals surface area contributed by atoms with Gasteiger partial charge in [-0.2, -0.15) is 8.42 Å². The Morgan fingerprint density at radius 2 is 2.27 bits per heavy atom. The third-order valence-corrected chi connectivity index (χ3v) is 2.40. The van der Waals surface area contributed by atoms with Gasteiger partial charge in [-0.25, -0.2) is 0 Å². The molecule has 0 aromatic carbocycles. The average Bonchev–Trinajstić information content (AvgIpc) is 2.12. The number of amides is 1. The van der Waals surface area contributed by atoms with Crippen LogP contribution in [0.5, 0.6) is 0 Å². The molecular weight excluding hydrogens is 170 g/mol. The minimum Gasteiger partial charge on any atom is -0.356 e. The van der Waals surface area contributed by atoms with Crippen molar-refractivity contribution in [2.75, 3.05) is 12.3 Å². The first-order valence-corrected chi connectivity index (χ1v) is 4.83. The van der Waals surface area contributed by atoms with Crippen molar-refractivity contribution in [3.8, 4) is 0 Å². The Morgan fingerprint density at radius 3 is 2.64 bits per heavy atom. The first-order valence-electron chi connectivity index (χ1n) is 3.22. The number of carbonyl (C=O) groups is 1. The zero-order chi connectivity index (χ0) is 8.48. The standard InChI is InChI=1S/C5H9NO4S/c7-5-4(1-2-6-5)3-11(8,9)10/h4H,1-3H2,(H,6,7)(H,8,9,10)/t4-/m1/s1. The molecule has 1 aliphatic rings. The predicted octanol–water partition coefficient (Wildman–Crippen LogP) is -0.990. The highest BCUT2D eigenvalue weighted by Gasteiger charge is 2.28. The SMILES string of the molecule is O=C1NCC[C@@H]1CS(=O)(=O)O. The Hall–Kier alpha value is -0.620. The van der Waals surface area contributed by atoms with E-state index in [0.717, 1.165) is 0 Å². The molecule has 0 aromatic heterocycles. The van der Waals surface area contributed by atoms with Crippen LogP contribution in [0.25, 0.3) is 0 Å². The number of carbonyl (C=O) groups excluding carboxylic acids is 1. The Morgan fingerprint density at radius 1 is 1.64 bits per heavy atom. The lowest BCUT2D eigenvalue weighted by atomic mass is 10.1. The molecule has 0 bridgehead atoms. The summed E-state index contributed by atoms with van der Waals surface area (Å²) in [6.07, 6.45) is 0.485. The Kier molecular flexibility index (Phi) is 2.15. The molecule has 64 valence electrons. The molecule has 0 saturated carbocycles. The van der Waals surface area contributed by atoms with Gasteiger partial charge in [0.05, 0.1) is 11.7 Å². The summed E-state index contributed by atoms with van der Waals surface area (Å²) in [6, 6.07) is 0. The van der Waals surface area contributed by atoms with Crippen LogP contribution in [0.1, 0.15) is 6.42 Å². The van der Waals surface area contributed by atoms with Crippen LogP contribution in [-0.2, 0) is 14.9 Å². The smallest absolute Gasteiger partial charge is 0.265 e. The fourth-order valence-corrected chi connectivity index (χ4v) is 1.88. The van der Waals surface area contributed by atoms with E-state index in [0.29, 0.717) is 13.0 Å². The van der Waals surface area contributed by atoms with E-state index in [4.69, 9.17) is 4.55 Å². The lowest BCUT2D eigenvalue weighted by Crippen LogP contribution is -2.24. The molecule has 1 saturated heterocycles. The molecule has 6 heteroatoms. The molecule has 0 unspecified atom stereocenters. The van der Waals surface area contributed by atoms with E-state index in [1.807, 2.05) is 0 Å². The highest BCUT2D eigenvalue weighted by Crippen LogP contribution is 2.10. The molecular formula is C5H9NO4S. The summed E-state index contributed by atoms with van der Waals surface area (Å²) in [5, 5.41) is 2.48. The summed E-state index contributed by atoms with van der Waals surface area (Å²) >= 11 is 0. The Balaban J connectivity index is 2.57. The topological polar surface area (TPSA) is 83.5 Å². The van der Waals surface area contributed by atoms with Gasteiger partial charge in [-0.1, -0.05) is 0 Å². The molecule has 0 aromatic rings. The molecule has 0 aliphatic carbocycles. The minimum absolute atomic E-state index is 0.289. The van der Waals surface area contributed by atoms with Gasteiger partial charge in [0.1, 0.15) is 0 Å². The Bertz CT molecular complexity index is 258. The van der Waals surface area contributed by atoms with E-state index in [2.05, 4.69) is 5.32 Å². The number of rotatable bonds is 2. The lowest BCUT2D eigenvalue weighted by molar-refractivity contribution is -0.121. The first-order chi connectivity index (χ1) is 4.99. The second-order valence-corrected chi connectivity index (χ2v) is 4.02. The molecule has 1 rings (SSSR count). The molecule has 1 fully saturated rings. The predicted molar refractivity (Wildman–Crippen MR) is 37.5 cm³/mol. The van der Waals surface area contributed by atoms with Crippen molar-refractivity contribution in [3.63, 3.8) is 0 Å². The molecule has 1 amide bonds. The largest absolute Gasteiger partial charge is 0.356 e. The normalized spacial score (nSPS) is 25.2. The van der Waals surface area contributed by atoms with Gasteiger partial charge in [0, 0.05) is 6.54 Å². The minimum atomic E-state index is -4.00. The van der Waals surface area contributed by atoms with E-state index in [9.17, 15) is 13.2 Å². The molecule has 1 heterocycles. The maximum absolute atomic E-state index is 10.8. The maximum Gasteiger partial charge on any atom is 0.265 e. The Labute approximate surface area is 64.5 Å². The van der Waals surface area contributed by atoms with E-state index >= 15 is 0 Å². The zero-order valence-electron chi connectivity index (χ0n) is 5.78. The number of hydrogen-bond donors (Lipinski definition) is 2. The van der Waals surface area contributed by atoms with Crippen molar-refractivity contribution < 1.29 is 17.8 Å². The number of nitrogens with one attached hydrogen (secondary N) is 1. The third kappa shape index (κ3) is 2.47. The summed E-state index contributed by atoms with van der Waals surface area (Å²) in [5.41, 5.74) is 0. The summed E-state index contributed by atoms with van der Waals surface area (Å²) in [5.74, 6) is -1.31. The molecule has 1 atom stereocenters. The van der Waals surface area contributed by atoms with Crippen LogP contribution in [-0.4, -0.2) is 31.2 Å². The highest BCUT2D eigenvalue weighted by molar-refractivity contribution is 7.85. The van der Waals surface area contributed by atoms with Gasteiger partial charge in [0.15, 0.2) is 0 Å². The van der Waals surface area contributed by atoms with Gasteiger partial charge in [0.2, 0.25) is 5.91 Å². The molecule has 0 spiro atoms. The van der Waals surface area contributed by atoms with E-state index in [1.165, 1.54) is 0 Å². The van der Waals surface area contributed by atoms with Gasteiger partial charge in [-0.15, -0.1) is 0 Å². The van der Waals surface area contributed by atoms with E-state index in [-0.39, 0.29) is 5.91 Å². The average molecular weight is 179 g/mol. The van der Waals surface area contributed by atoms with Gasteiger partial charge in [-0.3, -0.25) is 9.35 Å². The first kappa shape index (κ1) is 8.48. The van der Waals surface area contributed by atoms with Crippen molar-refractivity contribution in [1.29, 1.82) is 0 Å². The quantitative estimate of drug-likeness (QED) is 0.533. The van der Waals surface area contributed by atoms with Gasteiger partial charge < -0.3 is 5.32 Å². The van der Waals surface area contributed by atoms with Gasteiger partial charge in [0.25, 0.3) is 10.1 Å². The molecule has 1 aliphatic heterocycles. The van der Waals surface area contributed by atoms with Gasteiger partial charge in [-0.05, 0) is 6.42 Å². The van der Waals surface area contributed by atoms with E-state index < -0.39 is 21.8 Å². The van der Waals surface area contributed by atoms with E-state index in [1.54, 1.807) is 0 Å². The van der Waals surface area contributed by atoms with Crippen LogP contribution in [0, 0.1) is 5.92 Å². The van der Waals surface area contributed by atoms with Crippen molar-refractivity contribution >= 4 is 16.0 Å². The molecule has 2 N–H and O–H groups in total. The summed E-state index contributed by atoms with van der Waals surface area (Å²) in [7, 11) is -4.00. The summed E-state index contributed by atoms with van der Waals surface area (Å²) in [4.78, 5) is 10.8. The van der Waals surface area contributed by atoms with Crippen LogP contribution in [0.4, 0.5) is 0 Å². The van der Waals surface area contributed by atoms with Crippen LogP contribution in [0.15, 0.2) is 0 Å². The number of hydrogen-bond acceptors (Lipinski definition) is 3. The molecule has 5 nitrogen and oxygen atoms in total. The zero-order valence-corrected chi connectivity index (χ0v) is 6.60.